The molecule has 2 heteroatoms. The van der Waals surface area contributed by atoms with E-state index in [2.05, 4.69) is 24.3 Å². The summed E-state index contributed by atoms with van der Waals surface area (Å²) in [6.07, 6.45) is 4.13. The fraction of sp³-hybridized carbons (Fsp3) is 0.455. The highest BCUT2D eigenvalue weighted by Crippen LogP contribution is 2.32. The summed E-state index contributed by atoms with van der Waals surface area (Å²) in [6, 6.07) is 8.69. The van der Waals surface area contributed by atoms with E-state index in [0.717, 1.165) is 5.92 Å². The Labute approximate surface area is 85.7 Å². The molecular formula is C11H16ClN. The molecule has 1 saturated carbocycles. The second kappa shape index (κ2) is 4.64. The topological polar surface area (TPSA) is 26.0 Å². The molecule has 0 aromatic heterocycles. The Kier molecular flexibility index (Phi) is 3.76. The maximum Gasteiger partial charge on any atom is 0.0178 e. The normalized spacial score (nSPS) is 15.2. The van der Waals surface area contributed by atoms with Gasteiger partial charge in [0.1, 0.15) is 0 Å². The van der Waals surface area contributed by atoms with Crippen LogP contribution >= 0.6 is 12.4 Å². The van der Waals surface area contributed by atoms with Crippen molar-refractivity contribution >= 4 is 12.4 Å². The molecule has 1 aliphatic rings. The van der Waals surface area contributed by atoms with E-state index in [1.165, 1.54) is 30.4 Å². The Morgan fingerprint density at radius 2 is 1.62 bits per heavy atom. The van der Waals surface area contributed by atoms with Crippen LogP contribution < -0.4 is 5.73 Å². The molecule has 1 aliphatic carbocycles. The largest absolute Gasteiger partial charge is 0.326 e. The van der Waals surface area contributed by atoms with Crippen molar-refractivity contribution < 1.29 is 0 Å². The molecule has 0 spiro atoms. The number of hydrogen-bond acceptors (Lipinski definition) is 1. The Hall–Kier alpha value is -0.530. The minimum absolute atomic E-state index is 0. The van der Waals surface area contributed by atoms with E-state index in [1.54, 1.807) is 0 Å². The Bertz CT molecular complexity index is 251. The highest BCUT2D eigenvalue weighted by atomic mass is 35.5. The van der Waals surface area contributed by atoms with Gasteiger partial charge in [-0.2, -0.15) is 0 Å². The van der Waals surface area contributed by atoms with E-state index in [-0.39, 0.29) is 12.4 Å². The molecule has 1 aromatic rings. The van der Waals surface area contributed by atoms with Gasteiger partial charge in [0.2, 0.25) is 0 Å². The maximum atomic E-state index is 5.51. The maximum absolute atomic E-state index is 5.51. The molecule has 0 saturated heterocycles. The molecule has 0 atom stereocenters. The van der Waals surface area contributed by atoms with Crippen LogP contribution in [0.25, 0.3) is 0 Å². The third-order valence-corrected chi connectivity index (χ3v) is 2.48. The number of benzene rings is 1. The quantitative estimate of drug-likeness (QED) is 0.792. The molecule has 1 nitrogen and oxygen atoms in total. The second-order valence-corrected chi connectivity index (χ2v) is 3.67. The van der Waals surface area contributed by atoms with Crippen LogP contribution in [0.1, 0.15) is 24.0 Å². The third-order valence-electron chi connectivity index (χ3n) is 2.48. The first-order valence-corrected chi connectivity index (χ1v) is 4.66. The van der Waals surface area contributed by atoms with Crippen LogP contribution in [0, 0.1) is 5.92 Å². The van der Waals surface area contributed by atoms with Crippen molar-refractivity contribution in [3.8, 4) is 0 Å². The summed E-state index contributed by atoms with van der Waals surface area (Å²) in [4.78, 5) is 0. The average Bonchev–Trinajstić information content (AvgIpc) is 2.90. The summed E-state index contributed by atoms with van der Waals surface area (Å²) in [7, 11) is 0. The van der Waals surface area contributed by atoms with Crippen molar-refractivity contribution in [2.75, 3.05) is 0 Å². The van der Waals surface area contributed by atoms with Gasteiger partial charge in [0, 0.05) is 6.54 Å². The van der Waals surface area contributed by atoms with Gasteiger partial charge in [-0.05, 0) is 36.3 Å². The van der Waals surface area contributed by atoms with Gasteiger partial charge in [-0.3, -0.25) is 0 Å². The van der Waals surface area contributed by atoms with Crippen LogP contribution in [0.15, 0.2) is 24.3 Å². The number of nitrogens with two attached hydrogens (primary N) is 1. The Morgan fingerprint density at radius 1 is 1.08 bits per heavy atom. The van der Waals surface area contributed by atoms with E-state index in [1.807, 2.05) is 0 Å². The molecular weight excluding hydrogens is 182 g/mol. The predicted molar refractivity (Wildman–Crippen MR) is 58.0 cm³/mol. The van der Waals surface area contributed by atoms with Crippen LogP contribution in [-0.4, -0.2) is 0 Å². The van der Waals surface area contributed by atoms with Crippen molar-refractivity contribution in [1.82, 2.24) is 0 Å². The first-order chi connectivity index (χ1) is 5.88. The SMILES string of the molecule is Cl.NCc1ccc(CC2CC2)cc1. The van der Waals surface area contributed by atoms with Crippen molar-refractivity contribution in [2.24, 2.45) is 11.7 Å². The van der Waals surface area contributed by atoms with Crippen LogP contribution in [-0.2, 0) is 13.0 Å². The van der Waals surface area contributed by atoms with Crippen LogP contribution in [0.4, 0.5) is 0 Å². The Morgan fingerprint density at radius 3 is 2.08 bits per heavy atom. The molecule has 13 heavy (non-hydrogen) atoms. The molecule has 72 valence electrons. The molecule has 0 aliphatic heterocycles. The van der Waals surface area contributed by atoms with Crippen LogP contribution in [0.2, 0.25) is 0 Å². The summed E-state index contributed by atoms with van der Waals surface area (Å²) >= 11 is 0. The van der Waals surface area contributed by atoms with Gasteiger partial charge in [0.05, 0.1) is 0 Å². The summed E-state index contributed by atoms with van der Waals surface area (Å²) in [5.74, 6) is 0.980. The zero-order chi connectivity index (χ0) is 8.39. The van der Waals surface area contributed by atoms with Crippen molar-refractivity contribution in [3.05, 3.63) is 35.4 Å². The molecule has 2 N–H and O–H groups in total. The van der Waals surface area contributed by atoms with Crippen LogP contribution in [0.5, 0.6) is 0 Å². The van der Waals surface area contributed by atoms with Crippen molar-refractivity contribution in [2.45, 2.75) is 25.8 Å². The van der Waals surface area contributed by atoms with Gasteiger partial charge < -0.3 is 5.73 Å². The number of rotatable bonds is 3. The van der Waals surface area contributed by atoms with Gasteiger partial charge >= 0.3 is 0 Å². The van der Waals surface area contributed by atoms with E-state index < -0.39 is 0 Å². The van der Waals surface area contributed by atoms with Gasteiger partial charge in [0.25, 0.3) is 0 Å². The molecule has 1 fully saturated rings. The lowest BCUT2D eigenvalue weighted by molar-refractivity contribution is 0.831. The standard InChI is InChI=1S/C11H15N.ClH/c12-8-11-5-3-10(4-6-11)7-9-1-2-9;/h3-6,9H,1-2,7-8,12H2;1H. The molecule has 1 aromatic carbocycles. The highest BCUT2D eigenvalue weighted by Gasteiger charge is 2.20. The number of hydrogen-bond donors (Lipinski definition) is 1. The lowest BCUT2D eigenvalue weighted by Gasteiger charge is -2.00. The third kappa shape index (κ3) is 3.02. The first-order valence-electron chi connectivity index (χ1n) is 4.66. The lowest BCUT2D eigenvalue weighted by atomic mass is 10.1. The first kappa shape index (κ1) is 10.6. The predicted octanol–water partition coefficient (Wildman–Crippen LogP) is 2.52. The highest BCUT2D eigenvalue weighted by molar-refractivity contribution is 5.85. The average molecular weight is 198 g/mol. The van der Waals surface area contributed by atoms with Gasteiger partial charge in [-0.25, -0.2) is 0 Å². The zero-order valence-electron chi connectivity index (χ0n) is 7.70. The van der Waals surface area contributed by atoms with Gasteiger partial charge in [0.15, 0.2) is 0 Å². The molecule has 0 heterocycles. The summed E-state index contributed by atoms with van der Waals surface area (Å²) in [5.41, 5.74) is 8.21. The zero-order valence-corrected chi connectivity index (χ0v) is 8.52. The van der Waals surface area contributed by atoms with E-state index in [9.17, 15) is 0 Å². The fourth-order valence-corrected chi connectivity index (χ4v) is 1.47. The second-order valence-electron chi connectivity index (χ2n) is 3.67. The minimum Gasteiger partial charge on any atom is -0.326 e. The molecule has 0 radical (unpaired) electrons. The summed E-state index contributed by atoms with van der Waals surface area (Å²) in [5, 5.41) is 0. The molecule has 0 unspecified atom stereocenters. The molecule has 2 rings (SSSR count). The van der Waals surface area contributed by atoms with Crippen LogP contribution in [0.3, 0.4) is 0 Å². The molecule has 0 bridgehead atoms. The van der Waals surface area contributed by atoms with E-state index in [4.69, 9.17) is 5.73 Å². The molecule has 0 amide bonds. The monoisotopic (exact) mass is 197 g/mol. The van der Waals surface area contributed by atoms with Gasteiger partial charge in [-0.1, -0.05) is 24.3 Å². The number of halogens is 1. The summed E-state index contributed by atoms with van der Waals surface area (Å²) in [6.45, 7) is 0.656. The van der Waals surface area contributed by atoms with Gasteiger partial charge in [-0.15, -0.1) is 12.4 Å². The van der Waals surface area contributed by atoms with E-state index >= 15 is 0 Å². The Balaban J connectivity index is 0.000000845. The van der Waals surface area contributed by atoms with E-state index in [0.29, 0.717) is 6.54 Å². The lowest BCUT2D eigenvalue weighted by Crippen LogP contribution is -1.96. The van der Waals surface area contributed by atoms with Crippen molar-refractivity contribution in [3.63, 3.8) is 0 Å². The smallest absolute Gasteiger partial charge is 0.0178 e. The fourth-order valence-electron chi connectivity index (χ4n) is 1.47. The summed E-state index contributed by atoms with van der Waals surface area (Å²) < 4.78 is 0. The van der Waals surface area contributed by atoms with Crippen molar-refractivity contribution in [1.29, 1.82) is 0 Å². The minimum atomic E-state index is 0.